The van der Waals surface area contributed by atoms with E-state index >= 15 is 0 Å². The van der Waals surface area contributed by atoms with Crippen molar-refractivity contribution in [2.45, 2.75) is 25.5 Å². The van der Waals surface area contributed by atoms with E-state index in [1.165, 1.54) is 13.3 Å². The quantitative estimate of drug-likeness (QED) is 0.352. The highest BCUT2D eigenvalue weighted by atomic mass is 35.5. The smallest absolute Gasteiger partial charge is 0.244 e. The maximum Gasteiger partial charge on any atom is 0.244 e. The number of hydrogen-bond donors (Lipinski definition) is 3. The molecular formula is C26H27ClN6O4. The number of nitrogens with zero attached hydrogens (tertiary/aromatic N) is 3. The third-order valence-corrected chi connectivity index (χ3v) is 6.49. The number of morpholine rings is 1. The molecule has 3 aromatic heterocycles. The summed E-state index contributed by atoms with van der Waals surface area (Å²) in [6.45, 7) is 4.38. The molecule has 0 saturated carbocycles. The highest BCUT2D eigenvalue weighted by Gasteiger charge is 2.38. The molecule has 0 spiro atoms. The van der Waals surface area contributed by atoms with Gasteiger partial charge in [-0.3, -0.25) is 19.5 Å². The summed E-state index contributed by atoms with van der Waals surface area (Å²) >= 11 is 6.40. The second-order valence-corrected chi connectivity index (χ2v) is 9.98. The lowest BCUT2D eigenvalue weighted by molar-refractivity contribution is -0.145. The molecule has 0 aliphatic carbocycles. The molecule has 1 aliphatic rings. The van der Waals surface area contributed by atoms with Crippen LogP contribution in [0.1, 0.15) is 13.8 Å². The number of benzene rings is 1. The van der Waals surface area contributed by atoms with Gasteiger partial charge >= 0.3 is 0 Å². The zero-order valence-corrected chi connectivity index (χ0v) is 21.4. The van der Waals surface area contributed by atoms with Crippen molar-refractivity contribution >= 4 is 56.6 Å². The van der Waals surface area contributed by atoms with Gasteiger partial charge in [0.1, 0.15) is 6.04 Å². The summed E-state index contributed by atoms with van der Waals surface area (Å²) in [6.07, 6.45) is 4.95. The number of amides is 2. The number of hydrogen-bond acceptors (Lipinski definition) is 7. The summed E-state index contributed by atoms with van der Waals surface area (Å²) in [7, 11) is 1.52. The first kappa shape index (κ1) is 24.9. The van der Waals surface area contributed by atoms with Crippen molar-refractivity contribution in [1.82, 2.24) is 19.9 Å². The standard InChI is InChI=1S/C26H27ClN6O4/c1-26(2)14-33(12-22(34)30-16-4-5-23(36-3)29-10-16)21(13-37-26)25(35)32-19-9-15(27)8-18-17-6-7-28-11-20(17)31-24(18)19/h4-11,21,31H,12-14H2,1-3H3,(H,30,34)(H,32,35)/t21-/m1/s1. The Bertz CT molecular complexity index is 1470. The molecule has 0 unspecified atom stereocenters. The molecule has 1 aromatic carbocycles. The number of H-pyrrole nitrogens is 1. The van der Waals surface area contributed by atoms with Crippen LogP contribution < -0.4 is 15.4 Å². The zero-order chi connectivity index (χ0) is 26.2. The van der Waals surface area contributed by atoms with Gasteiger partial charge in [0.05, 0.1) is 60.7 Å². The van der Waals surface area contributed by atoms with Crippen molar-refractivity contribution in [3.8, 4) is 5.88 Å². The summed E-state index contributed by atoms with van der Waals surface area (Å²) in [5, 5.41) is 8.15. The maximum absolute atomic E-state index is 13.5. The van der Waals surface area contributed by atoms with E-state index in [2.05, 4.69) is 25.6 Å². The number of ether oxygens (including phenoxy) is 2. The first-order chi connectivity index (χ1) is 17.7. The van der Waals surface area contributed by atoms with Gasteiger partial charge in [0.2, 0.25) is 17.7 Å². The van der Waals surface area contributed by atoms with Gasteiger partial charge in [-0.15, -0.1) is 0 Å². The van der Waals surface area contributed by atoms with Crippen LogP contribution in [-0.4, -0.2) is 70.1 Å². The lowest BCUT2D eigenvalue weighted by Gasteiger charge is -2.42. The number of rotatable bonds is 6. The molecule has 192 valence electrons. The van der Waals surface area contributed by atoms with Crippen molar-refractivity contribution in [1.29, 1.82) is 0 Å². The number of carbonyl (C=O) groups excluding carboxylic acids is 2. The van der Waals surface area contributed by atoms with Gasteiger partial charge < -0.3 is 25.1 Å². The Morgan fingerprint density at radius 2 is 2.05 bits per heavy atom. The summed E-state index contributed by atoms with van der Waals surface area (Å²) < 4.78 is 11.0. The van der Waals surface area contributed by atoms with Crippen LogP contribution in [0.15, 0.2) is 48.9 Å². The van der Waals surface area contributed by atoms with Crippen molar-refractivity contribution in [2.75, 3.05) is 37.4 Å². The molecule has 2 amide bonds. The van der Waals surface area contributed by atoms with Crippen molar-refractivity contribution in [3.05, 3.63) is 53.9 Å². The Morgan fingerprint density at radius 1 is 1.22 bits per heavy atom. The first-order valence-corrected chi connectivity index (χ1v) is 12.1. The molecule has 1 aliphatic heterocycles. The Kier molecular flexibility index (Phi) is 6.72. The van der Waals surface area contributed by atoms with Gasteiger partial charge in [0.25, 0.3) is 0 Å². The minimum Gasteiger partial charge on any atom is -0.481 e. The van der Waals surface area contributed by atoms with Crippen LogP contribution in [0.25, 0.3) is 21.8 Å². The Balaban J connectivity index is 1.36. The molecule has 11 heteroatoms. The summed E-state index contributed by atoms with van der Waals surface area (Å²) in [4.78, 5) is 39.8. The van der Waals surface area contributed by atoms with Gasteiger partial charge in [-0.2, -0.15) is 0 Å². The average Bonchev–Trinajstić information content (AvgIpc) is 3.23. The van der Waals surface area contributed by atoms with E-state index in [1.807, 2.05) is 30.9 Å². The van der Waals surface area contributed by atoms with E-state index in [9.17, 15) is 9.59 Å². The van der Waals surface area contributed by atoms with E-state index in [4.69, 9.17) is 21.1 Å². The number of carbonyl (C=O) groups is 2. The van der Waals surface area contributed by atoms with Crippen LogP contribution in [0, 0.1) is 0 Å². The normalized spacial score (nSPS) is 17.6. The molecule has 0 radical (unpaired) electrons. The number of nitrogens with one attached hydrogen (secondary N) is 3. The number of aromatic amines is 1. The fourth-order valence-electron chi connectivity index (χ4n) is 4.55. The lowest BCUT2D eigenvalue weighted by atomic mass is 10.0. The minimum atomic E-state index is -0.687. The lowest BCUT2D eigenvalue weighted by Crippen LogP contribution is -2.59. The van der Waals surface area contributed by atoms with E-state index < -0.39 is 11.6 Å². The molecule has 10 nitrogen and oxygen atoms in total. The van der Waals surface area contributed by atoms with Crippen LogP contribution >= 0.6 is 11.6 Å². The Labute approximate surface area is 218 Å². The van der Waals surface area contributed by atoms with Crippen LogP contribution in [0.3, 0.4) is 0 Å². The molecule has 1 fully saturated rings. The number of aromatic nitrogens is 3. The number of fused-ring (bicyclic) bond motifs is 3. The predicted molar refractivity (Wildman–Crippen MR) is 142 cm³/mol. The highest BCUT2D eigenvalue weighted by molar-refractivity contribution is 6.33. The second kappa shape index (κ2) is 9.97. The number of anilines is 2. The topological polar surface area (TPSA) is 121 Å². The predicted octanol–water partition coefficient (Wildman–Crippen LogP) is 3.83. The highest BCUT2D eigenvalue weighted by Crippen LogP contribution is 2.33. The van der Waals surface area contributed by atoms with Gasteiger partial charge in [0.15, 0.2) is 0 Å². The van der Waals surface area contributed by atoms with Gasteiger partial charge in [0, 0.05) is 34.6 Å². The first-order valence-electron chi connectivity index (χ1n) is 11.8. The molecule has 1 saturated heterocycles. The Morgan fingerprint density at radius 3 is 2.81 bits per heavy atom. The molecule has 3 N–H and O–H groups in total. The third-order valence-electron chi connectivity index (χ3n) is 6.27. The number of methoxy groups -OCH3 is 1. The molecule has 4 heterocycles. The fourth-order valence-corrected chi connectivity index (χ4v) is 4.77. The molecule has 5 rings (SSSR count). The average molecular weight is 523 g/mol. The number of pyridine rings is 2. The van der Waals surface area contributed by atoms with Crippen molar-refractivity contribution in [3.63, 3.8) is 0 Å². The monoisotopic (exact) mass is 522 g/mol. The van der Waals surface area contributed by atoms with Crippen LogP contribution in [0.5, 0.6) is 5.88 Å². The summed E-state index contributed by atoms with van der Waals surface area (Å²) in [5.41, 5.74) is 2.14. The molecular weight excluding hydrogens is 496 g/mol. The van der Waals surface area contributed by atoms with E-state index in [-0.39, 0.29) is 25.0 Å². The second-order valence-electron chi connectivity index (χ2n) is 9.54. The minimum absolute atomic E-state index is 0.0000798. The van der Waals surface area contributed by atoms with Gasteiger partial charge in [-0.05, 0) is 38.1 Å². The van der Waals surface area contributed by atoms with E-state index in [1.54, 1.807) is 30.6 Å². The van der Waals surface area contributed by atoms with Crippen LogP contribution in [0.4, 0.5) is 11.4 Å². The third kappa shape index (κ3) is 5.36. The van der Waals surface area contributed by atoms with Gasteiger partial charge in [-0.25, -0.2) is 4.98 Å². The maximum atomic E-state index is 13.5. The van der Waals surface area contributed by atoms with Gasteiger partial charge in [-0.1, -0.05) is 11.6 Å². The van der Waals surface area contributed by atoms with Crippen LogP contribution in [-0.2, 0) is 14.3 Å². The molecule has 37 heavy (non-hydrogen) atoms. The fraction of sp³-hybridized carbons (Fsp3) is 0.308. The SMILES string of the molecule is COc1ccc(NC(=O)CN2CC(C)(C)OC[C@@H]2C(=O)Nc2cc(Cl)cc3c2[nH]c2cnccc23)cn1. The molecule has 0 bridgehead atoms. The Hall–Kier alpha value is -3.73. The summed E-state index contributed by atoms with van der Waals surface area (Å²) in [6, 6.07) is 8.13. The largest absolute Gasteiger partial charge is 0.481 e. The van der Waals surface area contributed by atoms with E-state index in [0.717, 1.165) is 21.8 Å². The van der Waals surface area contributed by atoms with Crippen molar-refractivity contribution < 1.29 is 19.1 Å². The van der Waals surface area contributed by atoms with Crippen molar-refractivity contribution in [2.24, 2.45) is 0 Å². The number of halogens is 1. The van der Waals surface area contributed by atoms with E-state index in [0.29, 0.717) is 28.8 Å². The summed E-state index contributed by atoms with van der Waals surface area (Å²) in [5.74, 6) is -0.114. The molecule has 1 atom stereocenters. The molecule has 4 aromatic rings. The zero-order valence-electron chi connectivity index (χ0n) is 20.7. The van der Waals surface area contributed by atoms with Crippen LogP contribution in [0.2, 0.25) is 5.02 Å².